The van der Waals surface area contributed by atoms with E-state index in [9.17, 15) is 9.59 Å². The maximum Gasteiger partial charge on any atom is 0.411 e. The molecule has 6 heteroatoms. The van der Waals surface area contributed by atoms with Gasteiger partial charge in [0, 0.05) is 13.5 Å². The Kier molecular flexibility index (Phi) is 5.74. The van der Waals surface area contributed by atoms with Gasteiger partial charge in [0.05, 0.1) is 12.0 Å². The first-order chi connectivity index (χ1) is 16.5. The molecule has 3 aromatic rings. The van der Waals surface area contributed by atoms with Crippen LogP contribution in [0.3, 0.4) is 0 Å². The number of fused-ring (bicyclic) bond motifs is 1. The average Bonchev–Trinajstić information content (AvgIpc) is 3.52. The van der Waals surface area contributed by atoms with E-state index in [2.05, 4.69) is 24.4 Å². The minimum Gasteiger partial charge on any atom is -0.454 e. The Labute approximate surface area is 200 Å². The highest BCUT2D eigenvalue weighted by atomic mass is 16.7. The number of hydrogen-bond acceptors (Lipinski definition) is 5. The monoisotopic (exact) mass is 459 g/mol. The lowest BCUT2D eigenvalue weighted by Gasteiger charge is -2.16. The van der Waals surface area contributed by atoms with Crippen LogP contribution < -0.4 is 14.8 Å². The maximum atomic E-state index is 13.4. The second kappa shape index (κ2) is 8.86. The lowest BCUT2D eigenvalue weighted by Crippen LogP contribution is -2.22. The molecule has 6 nitrogen and oxygen atoms in total. The minimum atomic E-state index is -0.469. The van der Waals surface area contributed by atoms with E-state index in [0.29, 0.717) is 18.7 Å². The molecule has 0 radical (unpaired) electrons. The van der Waals surface area contributed by atoms with Gasteiger partial charge in [-0.15, -0.1) is 0 Å². The van der Waals surface area contributed by atoms with Gasteiger partial charge >= 0.3 is 6.09 Å². The first-order valence-electron chi connectivity index (χ1n) is 11.6. The Morgan fingerprint density at radius 1 is 1.00 bits per heavy atom. The Morgan fingerprint density at radius 3 is 2.50 bits per heavy atom. The zero-order valence-corrected chi connectivity index (χ0v) is 19.4. The summed E-state index contributed by atoms with van der Waals surface area (Å²) in [7, 11) is 0. The van der Waals surface area contributed by atoms with Crippen LogP contribution in [-0.2, 0) is 21.4 Å². The predicted molar refractivity (Wildman–Crippen MR) is 132 cm³/mol. The van der Waals surface area contributed by atoms with Crippen molar-refractivity contribution in [3.05, 3.63) is 77.4 Å². The van der Waals surface area contributed by atoms with Gasteiger partial charge in [-0.2, -0.15) is 0 Å². The van der Waals surface area contributed by atoms with Crippen LogP contribution in [0.5, 0.6) is 11.5 Å². The van der Waals surface area contributed by atoms with E-state index in [-0.39, 0.29) is 14.0 Å². The summed E-state index contributed by atoms with van der Waals surface area (Å²) < 4.78 is 15.9. The van der Waals surface area contributed by atoms with Crippen LogP contribution in [0.1, 0.15) is 37.9 Å². The summed E-state index contributed by atoms with van der Waals surface area (Å²) >= 11 is 0. The van der Waals surface area contributed by atoms with Crippen LogP contribution in [0.15, 0.2) is 60.7 Å². The highest BCUT2D eigenvalue weighted by Crippen LogP contribution is 2.51. The van der Waals surface area contributed by atoms with Crippen LogP contribution in [0.2, 0.25) is 0 Å². The van der Waals surface area contributed by atoms with Gasteiger partial charge in [-0.25, -0.2) is 4.79 Å². The zero-order chi connectivity index (χ0) is 23.7. The molecule has 176 valence electrons. The van der Waals surface area contributed by atoms with Crippen molar-refractivity contribution in [3.8, 4) is 22.6 Å². The lowest BCUT2D eigenvalue weighted by molar-refractivity contribution is -0.120. The predicted octanol–water partition coefficient (Wildman–Crippen LogP) is 6.05. The van der Waals surface area contributed by atoms with Crippen LogP contribution in [0, 0.1) is 6.92 Å². The van der Waals surface area contributed by atoms with Crippen molar-refractivity contribution in [1.29, 1.82) is 0 Å². The van der Waals surface area contributed by atoms with E-state index < -0.39 is 11.5 Å². The summed E-state index contributed by atoms with van der Waals surface area (Å²) in [5.41, 5.74) is 5.47. The Hall–Kier alpha value is -3.80. The number of ketones is 1. The molecule has 2 aliphatic rings. The number of rotatable bonds is 7. The summed E-state index contributed by atoms with van der Waals surface area (Å²) in [5, 5.41) is 2.71. The number of nitrogens with one attached hydrogen (secondary N) is 1. The molecule has 0 saturated heterocycles. The van der Waals surface area contributed by atoms with E-state index >= 15 is 0 Å². The van der Waals surface area contributed by atoms with E-state index in [1.165, 1.54) is 0 Å². The highest BCUT2D eigenvalue weighted by Gasteiger charge is 2.50. The van der Waals surface area contributed by atoms with Gasteiger partial charge in [0.25, 0.3) is 0 Å². The minimum absolute atomic E-state index is 0. The van der Waals surface area contributed by atoms with Gasteiger partial charge in [0.15, 0.2) is 11.5 Å². The molecular formula is C28H29NO5. The first-order valence-corrected chi connectivity index (χ1v) is 11.6. The van der Waals surface area contributed by atoms with Crippen LogP contribution >= 0.6 is 0 Å². The van der Waals surface area contributed by atoms with Crippen molar-refractivity contribution in [2.24, 2.45) is 0 Å². The van der Waals surface area contributed by atoms with E-state index in [4.69, 9.17) is 14.2 Å². The third-order valence-electron chi connectivity index (χ3n) is 6.59. The molecule has 0 spiro atoms. The van der Waals surface area contributed by atoms with Crippen LogP contribution in [0.4, 0.5) is 10.5 Å². The molecule has 0 atom stereocenters. The van der Waals surface area contributed by atoms with E-state index in [0.717, 1.165) is 52.2 Å². The summed E-state index contributed by atoms with van der Waals surface area (Å²) in [5.74, 6) is 1.68. The fourth-order valence-electron chi connectivity index (χ4n) is 4.51. The molecule has 0 bridgehead atoms. The molecule has 3 aromatic carbocycles. The highest BCUT2D eigenvalue weighted by molar-refractivity contribution is 5.95. The van der Waals surface area contributed by atoms with Gasteiger partial charge < -0.3 is 14.2 Å². The fourth-order valence-corrected chi connectivity index (χ4v) is 4.51. The number of Topliss-reactive ketones (excluding diaryl/α,β-unsaturated/α-hetero) is 1. The molecule has 1 amide bonds. The summed E-state index contributed by atoms with van der Waals surface area (Å²) in [6.45, 7) is 4.38. The van der Waals surface area contributed by atoms with Gasteiger partial charge in [-0.1, -0.05) is 36.4 Å². The number of benzene rings is 3. The number of carbonyl (C=O) groups excluding carboxylic acids is 2. The second-order valence-corrected chi connectivity index (χ2v) is 8.82. The molecule has 5 rings (SSSR count). The van der Waals surface area contributed by atoms with Crippen molar-refractivity contribution in [2.45, 2.75) is 38.5 Å². The normalized spacial score (nSPS) is 15.0. The summed E-state index contributed by atoms with van der Waals surface area (Å²) in [6, 6.07) is 19.7. The number of amides is 1. The number of aryl methyl sites for hydroxylation is 1. The van der Waals surface area contributed by atoms with Crippen LogP contribution in [-0.4, -0.2) is 25.3 Å². The second-order valence-electron chi connectivity index (χ2n) is 8.82. The Morgan fingerprint density at radius 2 is 1.76 bits per heavy atom. The van der Waals surface area contributed by atoms with Crippen molar-refractivity contribution >= 4 is 17.6 Å². The first kappa shape index (κ1) is 22.0. The Balaban J connectivity index is 0.00000289. The molecule has 1 N–H and O–H groups in total. The molecule has 1 fully saturated rings. The largest absolute Gasteiger partial charge is 0.454 e. The van der Waals surface area contributed by atoms with Crippen molar-refractivity contribution in [2.75, 3.05) is 18.7 Å². The number of ether oxygens (including phenoxy) is 3. The molecular weight excluding hydrogens is 430 g/mol. The Bertz CT molecular complexity index is 1250. The third-order valence-corrected chi connectivity index (χ3v) is 6.59. The SMILES string of the molecule is CCOC(=O)Nc1ccc(-c2cc(CC(=O)C3(c4ccc5c(c4)OCO5)CC3)ccc2C)cc1.[HH]. The third kappa shape index (κ3) is 4.23. The van der Waals surface area contributed by atoms with E-state index in [1.807, 2.05) is 48.5 Å². The van der Waals surface area contributed by atoms with E-state index in [1.54, 1.807) is 6.92 Å². The van der Waals surface area contributed by atoms with Crippen molar-refractivity contribution < 1.29 is 25.2 Å². The average molecular weight is 460 g/mol. The summed E-state index contributed by atoms with van der Waals surface area (Å²) in [6.07, 6.45) is 1.63. The standard InChI is InChI=1S/C28H27NO5.H2/c1-3-32-27(31)29-22-9-6-20(7-10-22)23-14-19(5-4-18(23)2)15-26(30)28(12-13-28)21-8-11-24-25(16-21)34-17-33-24;/h4-11,14,16H,3,12-13,15,17H2,1-2H3,(H,29,31);1H. The maximum absolute atomic E-state index is 13.4. The lowest BCUT2D eigenvalue weighted by atomic mass is 9.87. The number of anilines is 1. The molecule has 1 saturated carbocycles. The van der Waals surface area contributed by atoms with Gasteiger partial charge in [0.2, 0.25) is 6.79 Å². The molecule has 1 heterocycles. The molecule has 0 aromatic heterocycles. The van der Waals surface area contributed by atoms with Crippen molar-refractivity contribution in [1.82, 2.24) is 0 Å². The van der Waals surface area contributed by atoms with Crippen molar-refractivity contribution in [3.63, 3.8) is 0 Å². The van der Waals surface area contributed by atoms with Gasteiger partial charge in [0.1, 0.15) is 5.78 Å². The molecule has 0 unspecified atom stereocenters. The quantitative estimate of drug-likeness (QED) is 0.466. The van der Waals surface area contributed by atoms with Gasteiger partial charge in [-0.05, 0) is 78.8 Å². The zero-order valence-electron chi connectivity index (χ0n) is 19.4. The smallest absolute Gasteiger partial charge is 0.411 e. The molecule has 34 heavy (non-hydrogen) atoms. The number of carbonyl (C=O) groups is 2. The number of hydrogen-bond donors (Lipinski definition) is 1. The topological polar surface area (TPSA) is 73.9 Å². The molecule has 1 aliphatic carbocycles. The van der Waals surface area contributed by atoms with Crippen LogP contribution in [0.25, 0.3) is 11.1 Å². The fraction of sp³-hybridized carbons (Fsp3) is 0.286. The molecule has 1 aliphatic heterocycles. The van der Waals surface area contributed by atoms with Gasteiger partial charge in [-0.3, -0.25) is 10.1 Å². The summed E-state index contributed by atoms with van der Waals surface area (Å²) in [4.78, 5) is 25.0.